The average molecular weight is 86.1 g/mol. The molecule has 0 bridgehead atoms. The van der Waals surface area contributed by atoms with Gasteiger partial charge in [-0.2, -0.15) is 0 Å². The van der Waals surface area contributed by atoms with Crippen molar-refractivity contribution in [2.45, 2.75) is 13.8 Å². The summed E-state index contributed by atoms with van der Waals surface area (Å²) in [6, 6.07) is 0. The van der Waals surface area contributed by atoms with Gasteiger partial charge in [-0.1, -0.05) is 6.08 Å². The fourth-order valence-corrected chi connectivity index (χ4v) is 0.118. The van der Waals surface area contributed by atoms with Crippen LogP contribution in [0.15, 0.2) is 11.8 Å². The summed E-state index contributed by atoms with van der Waals surface area (Å²) in [5.41, 5.74) is 0. The molecule has 1 heteroatoms. The minimum absolute atomic E-state index is 0.968. The number of hydrogen-bond acceptors (Lipinski definition) is 1. The van der Waals surface area contributed by atoms with Crippen LogP contribution in [0.3, 0.4) is 0 Å². The van der Waals surface area contributed by atoms with Crippen LogP contribution < -0.4 is 0 Å². The molecule has 36 valence electrons. The van der Waals surface area contributed by atoms with Gasteiger partial charge < -0.3 is 4.74 Å². The summed E-state index contributed by atoms with van der Waals surface area (Å²) >= 11 is 0. The van der Waals surface area contributed by atoms with Crippen LogP contribution in [0, 0.1) is 0 Å². The minimum atomic E-state index is 0.968. The first kappa shape index (κ1) is 5.54. The van der Waals surface area contributed by atoms with Gasteiger partial charge in [0.15, 0.2) is 0 Å². The molecular weight excluding hydrogens is 76.1 g/mol. The summed E-state index contributed by atoms with van der Waals surface area (Å²) in [6.45, 7) is 3.86. The molecule has 0 aliphatic heterocycles. The van der Waals surface area contributed by atoms with Gasteiger partial charge in [0.05, 0.1) is 12.9 Å². The van der Waals surface area contributed by atoms with Crippen molar-refractivity contribution < 1.29 is 4.74 Å². The predicted octanol–water partition coefficient (Wildman–Crippen LogP) is 1.56. The van der Waals surface area contributed by atoms with Crippen molar-refractivity contribution in [3.05, 3.63) is 11.8 Å². The van der Waals surface area contributed by atoms with Gasteiger partial charge in [0.2, 0.25) is 0 Å². The fourth-order valence-electron chi connectivity index (χ4n) is 0.118. The Morgan fingerprint density at radius 1 is 1.67 bits per heavy atom. The molecule has 0 saturated carbocycles. The van der Waals surface area contributed by atoms with E-state index in [0.29, 0.717) is 0 Å². The monoisotopic (exact) mass is 86.1 g/mol. The Bertz CT molecular complexity index is 55.0. The van der Waals surface area contributed by atoms with Crippen LogP contribution in [0.1, 0.15) is 13.8 Å². The van der Waals surface area contributed by atoms with Gasteiger partial charge in [0.25, 0.3) is 0 Å². The molecule has 1 nitrogen and oxygen atoms in total. The first-order valence-corrected chi connectivity index (χ1v) is 1.98. The molecule has 0 saturated heterocycles. The van der Waals surface area contributed by atoms with Crippen LogP contribution in [-0.2, 0) is 4.74 Å². The number of methoxy groups -OCH3 is 1. The van der Waals surface area contributed by atoms with E-state index in [-0.39, 0.29) is 0 Å². The maximum Gasteiger partial charge on any atom is 0.0882 e. The van der Waals surface area contributed by atoms with Crippen molar-refractivity contribution in [2.24, 2.45) is 0 Å². The van der Waals surface area contributed by atoms with Crippen molar-refractivity contribution >= 4 is 0 Å². The molecule has 0 aromatic rings. The van der Waals surface area contributed by atoms with E-state index in [1.54, 1.807) is 7.11 Å². The minimum Gasteiger partial charge on any atom is -0.502 e. The number of rotatable bonds is 1. The maximum absolute atomic E-state index is 4.76. The number of allylic oxidation sites excluding steroid dienone is 2. The third kappa shape index (κ3) is 1.82. The molecule has 0 heterocycles. The average Bonchev–Trinajstić information content (AvgIpc) is 1.65. The fraction of sp³-hybridized carbons (Fsp3) is 0.600. The Kier molecular flexibility index (Phi) is 2.55. The topological polar surface area (TPSA) is 9.23 Å². The van der Waals surface area contributed by atoms with Crippen molar-refractivity contribution in [1.82, 2.24) is 0 Å². The molecular formula is C5H10O. The van der Waals surface area contributed by atoms with Gasteiger partial charge in [0, 0.05) is 0 Å². The molecule has 0 unspecified atom stereocenters. The third-order valence-electron chi connectivity index (χ3n) is 0.729. The zero-order valence-electron chi connectivity index (χ0n) is 4.49. The molecule has 0 aromatic heterocycles. The normalized spacial score (nSPS) is 11.5. The Morgan fingerprint density at radius 3 is 2.17 bits per heavy atom. The molecule has 0 aliphatic rings. The summed E-state index contributed by atoms with van der Waals surface area (Å²) in [5, 5.41) is 0. The molecule has 0 atom stereocenters. The highest BCUT2D eigenvalue weighted by Crippen LogP contribution is 1.87. The standard InChI is InChI=1S/C5H10O/c1-4-5(2)6-3/h4H,1-3H3/b5-4+. The van der Waals surface area contributed by atoms with Gasteiger partial charge in [-0.3, -0.25) is 0 Å². The highest BCUT2D eigenvalue weighted by molar-refractivity contribution is 4.82. The van der Waals surface area contributed by atoms with Crippen LogP contribution in [-0.4, -0.2) is 7.11 Å². The van der Waals surface area contributed by atoms with E-state index in [9.17, 15) is 0 Å². The smallest absolute Gasteiger partial charge is 0.0882 e. The van der Waals surface area contributed by atoms with Crippen LogP contribution in [0.25, 0.3) is 0 Å². The largest absolute Gasteiger partial charge is 0.502 e. The lowest BCUT2D eigenvalue weighted by Crippen LogP contribution is -1.73. The molecule has 0 amide bonds. The van der Waals surface area contributed by atoms with Gasteiger partial charge in [-0.05, 0) is 13.8 Å². The van der Waals surface area contributed by atoms with Crippen LogP contribution >= 0.6 is 0 Å². The highest BCUT2D eigenvalue weighted by atomic mass is 16.5. The lowest BCUT2D eigenvalue weighted by molar-refractivity contribution is 0.293. The zero-order valence-corrected chi connectivity index (χ0v) is 4.49. The second-order valence-electron chi connectivity index (χ2n) is 1.10. The van der Waals surface area contributed by atoms with Crippen LogP contribution in [0.2, 0.25) is 0 Å². The molecule has 0 N–H and O–H groups in total. The molecule has 0 radical (unpaired) electrons. The molecule has 6 heavy (non-hydrogen) atoms. The second-order valence-corrected chi connectivity index (χ2v) is 1.10. The number of hydrogen-bond donors (Lipinski definition) is 0. The SMILES string of the molecule is C/C=C(\C)OC. The number of ether oxygens (including phenoxy) is 1. The maximum atomic E-state index is 4.76. The zero-order chi connectivity index (χ0) is 4.99. The molecule has 0 spiro atoms. The second kappa shape index (κ2) is 2.76. The Balaban J connectivity index is 3.22. The first-order valence-electron chi connectivity index (χ1n) is 1.98. The van der Waals surface area contributed by atoms with Crippen LogP contribution in [0.4, 0.5) is 0 Å². The van der Waals surface area contributed by atoms with Crippen molar-refractivity contribution in [1.29, 1.82) is 0 Å². The molecule has 0 fully saturated rings. The molecule has 0 aliphatic carbocycles. The Labute approximate surface area is 38.6 Å². The lowest BCUT2D eigenvalue weighted by atomic mass is 10.5. The van der Waals surface area contributed by atoms with Gasteiger partial charge in [-0.15, -0.1) is 0 Å². The van der Waals surface area contributed by atoms with Gasteiger partial charge in [-0.25, -0.2) is 0 Å². The quantitative estimate of drug-likeness (QED) is 0.440. The lowest BCUT2D eigenvalue weighted by Gasteiger charge is -1.91. The van der Waals surface area contributed by atoms with Crippen molar-refractivity contribution in [3.63, 3.8) is 0 Å². The van der Waals surface area contributed by atoms with E-state index in [0.717, 1.165) is 5.76 Å². The summed E-state index contributed by atoms with van der Waals surface area (Å²) in [6.07, 6.45) is 1.92. The highest BCUT2D eigenvalue weighted by Gasteiger charge is 1.71. The molecule has 0 rings (SSSR count). The van der Waals surface area contributed by atoms with E-state index in [1.807, 2.05) is 19.9 Å². The summed E-state index contributed by atoms with van der Waals surface area (Å²) in [4.78, 5) is 0. The Hall–Kier alpha value is -0.460. The summed E-state index contributed by atoms with van der Waals surface area (Å²) < 4.78 is 4.76. The van der Waals surface area contributed by atoms with E-state index in [1.165, 1.54) is 0 Å². The van der Waals surface area contributed by atoms with E-state index in [4.69, 9.17) is 4.74 Å². The molecule has 0 aromatic carbocycles. The van der Waals surface area contributed by atoms with E-state index >= 15 is 0 Å². The van der Waals surface area contributed by atoms with Crippen molar-refractivity contribution in [2.75, 3.05) is 7.11 Å². The van der Waals surface area contributed by atoms with Crippen LogP contribution in [0.5, 0.6) is 0 Å². The summed E-state index contributed by atoms with van der Waals surface area (Å²) in [7, 11) is 1.66. The third-order valence-corrected chi connectivity index (χ3v) is 0.729. The first-order chi connectivity index (χ1) is 2.81. The van der Waals surface area contributed by atoms with Gasteiger partial charge in [0.1, 0.15) is 0 Å². The Morgan fingerprint density at radius 2 is 2.17 bits per heavy atom. The summed E-state index contributed by atoms with van der Waals surface area (Å²) in [5.74, 6) is 0.968. The van der Waals surface area contributed by atoms with E-state index in [2.05, 4.69) is 0 Å². The van der Waals surface area contributed by atoms with E-state index < -0.39 is 0 Å². The van der Waals surface area contributed by atoms with Crippen molar-refractivity contribution in [3.8, 4) is 0 Å². The predicted molar refractivity (Wildman–Crippen MR) is 26.4 cm³/mol. The van der Waals surface area contributed by atoms with Gasteiger partial charge >= 0.3 is 0 Å².